The van der Waals surface area contributed by atoms with E-state index in [4.69, 9.17) is 0 Å². The molecule has 3 rings (SSSR count). The van der Waals surface area contributed by atoms with Gasteiger partial charge in [0.2, 0.25) is 0 Å². The van der Waals surface area contributed by atoms with Gasteiger partial charge in [-0.15, -0.1) is 24.8 Å². The van der Waals surface area contributed by atoms with Crippen LogP contribution >= 0.6 is 24.8 Å². The van der Waals surface area contributed by atoms with Crippen molar-refractivity contribution in [2.24, 2.45) is 0 Å². The van der Waals surface area contributed by atoms with E-state index in [-0.39, 0.29) is 47.9 Å². The summed E-state index contributed by atoms with van der Waals surface area (Å²) < 4.78 is 0. The first-order valence-corrected chi connectivity index (χ1v) is 7.33. The first-order valence-electron chi connectivity index (χ1n) is 7.33. The summed E-state index contributed by atoms with van der Waals surface area (Å²) >= 11 is 0. The van der Waals surface area contributed by atoms with Crippen LogP contribution in [0.25, 0.3) is 11.4 Å². The van der Waals surface area contributed by atoms with Crippen molar-refractivity contribution < 1.29 is 4.79 Å². The molecular weight excluding hydrogens is 351 g/mol. The van der Waals surface area contributed by atoms with E-state index in [1.807, 2.05) is 25.1 Å². The van der Waals surface area contributed by atoms with Gasteiger partial charge in [0, 0.05) is 31.9 Å². The number of carbonyl (C=O) groups is 1. The molecule has 0 radical (unpaired) electrons. The van der Waals surface area contributed by atoms with Crippen molar-refractivity contribution in [2.45, 2.75) is 13.0 Å². The number of H-pyrrole nitrogens is 1. The van der Waals surface area contributed by atoms with E-state index in [0.717, 1.165) is 13.1 Å². The van der Waals surface area contributed by atoms with Gasteiger partial charge in [0.1, 0.15) is 5.56 Å². The quantitative estimate of drug-likeness (QED) is 0.843. The van der Waals surface area contributed by atoms with Crippen LogP contribution in [0.1, 0.15) is 17.3 Å². The van der Waals surface area contributed by atoms with Crippen molar-refractivity contribution in [2.75, 3.05) is 19.6 Å². The molecule has 130 valence electrons. The Labute approximate surface area is 152 Å². The normalized spacial score (nSPS) is 16.7. The van der Waals surface area contributed by atoms with Gasteiger partial charge in [-0.2, -0.15) is 0 Å². The molecule has 2 aromatic rings. The number of hydrogen-bond donors (Lipinski definition) is 2. The molecule has 0 saturated carbocycles. The third-order valence-corrected chi connectivity index (χ3v) is 3.84. The standard InChI is InChI=1S/C16H18N4O2.2ClH/c1-11-10-17-8-9-20(11)16(22)12-5-6-14(19-15(12)21)13-4-2-3-7-18-13;;/h2-7,11,17H,8-10H2,1H3,(H,19,21);2*1H/t11-;;/m1../s1. The Bertz CT molecular complexity index is 736. The van der Waals surface area contributed by atoms with E-state index >= 15 is 0 Å². The smallest absolute Gasteiger partial charge is 0.261 e. The lowest BCUT2D eigenvalue weighted by atomic mass is 10.1. The minimum atomic E-state index is -0.376. The maximum absolute atomic E-state index is 12.5. The summed E-state index contributed by atoms with van der Waals surface area (Å²) in [5, 5.41) is 3.23. The largest absolute Gasteiger partial charge is 0.333 e. The second-order valence-electron chi connectivity index (χ2n) is 5.38. The van der Waals surface area contributed by atoms with Crippen molar-refractivity contribution >= 4 is 30.7 Å². The topological polar surface area (TPSA) is 78.1 Å². The first-order chi connectivity index (χ1) is 10.7. The molecule has 24 heavy (non-hydrogen) atoms. The molecule has 1 amide bonds. The molecule has 2 N–H and O–H groups in total. The maximum Gasteiger partial charge on any atom is 0.261 e. The maximum atomic E-state index is 12.5. The average molecular weight is 371 g/mol. The zero-order chi connectivity index (χ0) is 15.5. The van der Waals surface area contributed by atoms with Crippen molar-refractivity contribution in [1.82, 2.24) is 20.2 Å². The highest BCUT2D eigenvalue weighted by atomic mass is 35.5. The molecule has 0 unspecified atom stereocenters. The summed E-state index contributed by atoms with van der Waals surface area (Å²) in [5.74, 6) is -0.220. The number of hydrogen-bond acceptors (Lipinski definition) is 4. The van der Waals surface area contributed by atoms with Crippen LogP contribution in [-0.4, -0.2) is 46.5 Å². The van der Waals surface area contributed by atoms with Gasteiger partial charge in [0.05, 0.1) is 11.4 Å². The molecule has 1 aliphatic rings. The molecular formula is C16H20Cl2N4O2. The van der Waals surface area contributed by atoms with Crippen LogP contribution in [0.2, 0.25) is 0 Å². The van der Waals surface area contributed by atoms with Gasteiger partial charge >= 0.3 is 0 Å². The monoisotopic (exact) mass is 370 g/mol. The summed E-state index contributed by atoms with van der Waals surface area (Å²) in [4.78, 5) is 33.5. The molecule has 0 aromatic carbocycles. The van der Waals surface area contributed by atoms with Crippen LogP contribution in [-0.2, 0) is 0 Å². The lowest BCUT2D eigenvalue weighted by Crippen LogP contribution is -2.53. The van der Waals surface area contributed by atoms with Crippen LogP contribution in [0.15, 0.2) is 41.3 Å². The van der Waals surface area contributed by atoms with E-state index in [0.29, 0.717) is 17.9 Å². The van der Waals surface area contributed by atoms with Gasteiger partial charge in [-0.1, -0.05) is 6.07 Å². The highest BCUT2D eigenvalue weighted by Gasteiger charge is 2.25. The summed E-state index contributed by atoms with van der Waals surface area (Å²) in [6, 6.07) is 8.86. The van der Waals surface area contributed by atoms with Crippen molar-refractivity contribution in [3.05, 3.63) is 52.4 Å². The van der Waals surface area contributed by atoms with Gasteiger partial charge in [0.25, 0.3) is 11.5 Å². The van der Waals surface area contributed by atoms with Crippen LogP contribution in [0.4, 0.5) is 0 Å². The lowest BCUT2D eigenvalue weighted by Gasteiger charge is -2.33. The number of aromatic nitrogens is 2. The highest BCUT2D eigenvalue weighted by Crippen LogP contribution is 2.13. The fourth-order valence-corrected chi connectivity index (χ4v) is 2.61. The van der Waals surface area contributed by atoms with E-state index in [1.54, 1.807) is 23.2 Å². The van der Waals surface area contributed by atoms with Gasteiger partial charge in [-0.3, -0.25) is 14.6 Å². The van der Waals surface area contributed by atoms with E-state index in [2.05, 4.69) is 15.3 Å². The number of rotatable bonds is 2. The van der Waals surface area contributed by atoms with Gasteiger partial charge in [-0.05, 0) is 31.2 Å². The first kappa shape index (κ1) is 20.2. The van der Waals surface area contributed by atoms with Crippen LogP contribution in [0, 0.1) is 0 Å². The Balaban J connectivity index is 0.00000144. The fraction of sp³-hybridized carbons (Fsp3) is 0.312. The molecule has 3 heterocycles. The van der Waals surface area contributed by atoms with Gasteiger partial charge < -0.3 is 15.2 Å². The number of pyridine rings is 2. The van der Waals surface area contributed by atoms with E-state index < -0.39 is 0 Å². The molecule has 1 aliphatic heterocycles. The molecule has 0 spiro atoms. The van der Waals surface area contributed by atoms with Crippen molar-refractivity contribution in [3.63, 3.8) is 0 Å². The second kappa shape index (κ2) is 8.82. The number of aromatic amines is 1. The van der Waals surface area contributed by atoms with Gasteiger partial charge in [-0.25, -0.2) is 0 Å². The molecule has 2 aromatic heterocycles. The van der Waals surface area contributed by atoms with Crippen LogP contribution in [0.5, 0.6) is 0 Å². The lowest BCUT2D eigenvalue weighted by molar-refractivity contribution is 0.0654. The highest BCUT2D eigenvalue weighted by molar-refractivity contribution is 5.94. The fourth-order valence-electron chi connectivity index (χ4n) is 2.61. The van der Waals surface area contributed by atoms with Crippen molar-refractivity contribution in [1.29, 1.82) is 0 Å². The zero-order valence-electron chi connectivity index (χ0n) is 13.2. The Morgan fingerprint density at radius 2 is 2.04 bits per heavy atom. The molecule has 6 nitrogen and oxygen atoms in total. The van der Waals surface area contributed by atoms with Crippen LogP contribution < -0.4 is 10.9 Å². The number of carbonyl (C=O) groups excluding carboxylic acids is 1. The third kappa shape index (κ3) is 4.14. The summed E-state index contributed by atoms with van der Waals surface area (Å²) in [5.41, 5.74) is 1.08. The number of piperazine rings is 1. The molecule has 1 atom stereocenters. The summed E-state index contributed by atoms with van der Waals surface area (Å²) in [6.07, 6.45) is 1.66. The van der Waals surface area contributed by atoms with E-state index in [9.17, 15) is 9.59 Å². The van der Waals surface area contributed by atoms with Gasteiger partial charge in [0.15, 0.2) is 0 Å². The Kier molecular flexibility index (Phi) is 7.41. The number of nitrogens with zero attached hydrogens (tertiary/aromatic N) is 2. The van der Waals surface area contributed by atoms with Crippen LogP contribution in [0.3, 0.4) is 0 Å². The molecule has 0 bridgehead atoms. The molecule has 8 heteroatoms. The predicted octanol–water partition coefficient (Wildman–Crippen LogP) is 1.71. The van der Waals surface area contributed by atoms with Crippen molar-refractivity contribution in [3.8, 4) is 11.4 Å². The number of amides is 1. The molecule has 1 saturated heterocycles. The Morgan fingerprint density at radius 3 is 2.67 bits per heavy atom. The minimum Gasteiger partial charge on any atom is -0.333 e. The Morgan fingerprint density at radius 1 is 1.25 bits per heavy atom. The second-order valence-corrected chi connectivity index (χ2v) is 5.38. The van der Waals surface area contributed by atoms with E-state index in [1.165, 1.54) is 0 Å². The SMILES string of the molecule is C[C@@H]1CNCCN1C(=O)c1ccc(-c2ccccn2)[nH]c1=O.Cl.Cl. The number of halogens is 2. The summed E-state index contributed by atoms with van der Waals surface area (Å²) in [6.45, 7) is 4.08. The Hall–Kier alpha value is -1.89. The summed E-state index contributed by atoms with van der Waals surface area (Å²) in [7, 11) is 0. The minimum absolute atomic E-state index is 0. The number of nitrogens with one attached hydrogen (secondary N) is 2. The molecule has 0 aliphatic carbocycles. The molecule has 1 fully saturated rings. The zero-order valence-corrected chi connectivity index (χ0v) is 14.8. The predicted molar refractivity (Wildman–Crippen MR) is 98.2 cm³/mol. The average Bonchev–Trinajstić information content (AvgIpc) is 2.55. The third-order valence-electron chi connectivity index (χ3n) is 3.84.